The number of amides is 1. The Hall–Kier alpha value is -3.40. The lowest BCUT2D eigenvalue weighted by molar-refractivity contribution is 0.102. The van der Waals surface area contributed by atoms with Gasteiger partial charge >= 0.3 is 0 Å². The zero-order valence-electron chi connectivity index (χ0n) is 12.9. The van der Waals surface area contributed by atoms with E-state index in [-0.39, 0.29) is 5.91 Å². The van der Waals surface area contributed by atoms with Gasteiger partial charge in [-0.3, -0.25) is 4.79 Å². The molecular formula is C20H15N3O. The van der Waals surface area contributed by atoms with Crippen molar-refractivity contribution in [2.24, 2.45) is 0 Å². The molecule has 0 saturated heterocycles. The molecule has 0 fully saturated rings. The number of rotatable bonds is 3. The first-order valence-electron chi connectivity index (χ1n) is 7.71. The van der Waals surface area contributed by atoms with E-state index in [1.807, 2.05) is 66.7 Å². The van der Waals surface area contributed by atoms with E-state index in [2.05, 4.69) is 15.3 Å². The number of aromatic nitrogens is 2. The highest BCUT2D eigenvalue weighted by Crippen LogP contribution is 2.21. The van der Waals surface area contributed by atoms with Crippen LogP contribution in [0.5, 0.6) is 0 Å². The van der Waals surface area contributed by atoms with E-state index in [0.717, 1.165) is 28.1 Å². The van der Waals surface area contributed by atoms with Crippen LogP contribution in [0.25, 0.3) is 22.4 Å². The van der Waals surface area contributed by atoms with Crippen LogP contribution in [0, 0.1) is 0 Å². The molecule has 4 rings (SSSR count). The summed E-state index contributed by atoms with van der Waals surface area (Å²) >= 11 is 0. The van der Waals surface area contributed by atoms with Crippen molar-refractivity contribution in [2.45, 2.75) is 0 Å². The molecule has 2 N–H and O–H groups in total. The number of hydrogen-bond donors (Lipinski definition) is 2. The topological polar surface area (TPSA) is 57.8 Å². The van der Waals surface area contributed by atoms with E-state index >= 15 is 0 Å². The maximum Gasteiger partial charge on any atom is 0.255 e. The van der Waals surface area contributed by atoms with Crippen molar-refractivity contribution in [1.29, 1.82) is 0 Å². The van der Waals surface area contributed by atoms with Gasteiger partial charge < -0.3 is 10.3 Å². The minimum Gasteiger partial charge on any atom is -0.338 e. The van der Waals surface area contributed by atoms with Gasteiger partial charge in [-0.15, -0.1) is 0 Å². The van der Waals surface area contributed by atoms with Gasteiger partial charge in [0.05, 0.1) is 11.0 Å². The molecule has 4 aromatic rings. The number of carbonyl (C=O) groups excluding carboxylic acids is 1. The smallest absolute Gasteiger partial charge is 0.255 e. The third kappa shape index (κ3) is 2.77. The first-order valence-corrected chi connectivity index (χ1v) is 7.71. The van der Waals surface area contributed by atoms with E-state index in [1.54, 1.807) is 12.1 Å². The fourth-order valence-electron chi connectivity index (χ4n) is 2.59. The first-order chi connectivity index (χ1) is 11.8. The number of hydrogen-bond acceptors (Lipinski definition) is 2. The molecule has 0 aliphatic heterocycles. The van der Waals surface area contributed by atoms with E-state index < -0.39 is 0 Å². The van der Waals surface area contributed by atoms with E-state index in [4.69, 9.17) is 0 Å². The number of nitrogens with zero attached hydrogens (tertiary/aromatic N) is 1. The van der Waals surface area contributed by atoms with E-state index in [1.165, 1.54) is 0 Å². The van der Waals surface area contributed by atoms with Gasteiger partial charge in [0.25, 0.3) is 5.91 Å². The van der Waals surface area contributed by atoms with Crippen LogP contribution in [0.4, 0.5) is 5.69 Å². The normalized spacial score (nSPS) is 10.7. The fraction of sp³-hybridized carbons (Fsp3) is 0. The molecule has 0 radical (unpaired) electrons. The van der Waals surface area contributed by atoms with E-state index in [9.17, 15) is 4.79 Å². The zero-order valence-corrected chi connectivity index (χ0v) is 12.9. The van der Waals surface area contributed by atoms with Gasteiger partial charge in [0.15, 0.2) is 0 Å². The second-order valence-electron chi connectivity index (χ2n) is 5.50. The molecule has 1 amide bonds. The number of nitrogens with one attached hydrogen (secondary N) is 2. The molecule has 0 unspecified atom stereocenters. The maximum absolute atomic E-state index is 12.3. The van der Waals surface area contributed by atoms with Crippen LogP contribution in [0.2, 0.25) is 0 Å². The van der Waals surface area contributed by atoms with Gasteiger partial charge in [0.1, 0.15) is 5.82 Å². The molecule has 24 heavy (non-hydrogen) atoms. The molecule has 116 valence electrons. The Labute approximate surface area is 139 Å². The molecule has 1 aromatic heterocycles. The van der Waals surface area contributed by atoms with Crippen LogP contribution in [0.1, 0.15) is 10.4 Å². The lowest BCUT2D eigenvalue weighted by Gasteiger charge is -2.05. The summed E-state index contributed by atoms with van der Waals surface area (Å²) in [5.74, 6) is 0.670. The van der Waals surface area contributed by atoms with Crippen LogP contribution in [-0.4, -0.2) is 15.9 Å². The average Bonchev–Trinajstić information content (AvgIpc) is 3.07. The summed E-state index contributed by atoms with van der Waals surface area (Å²) in [6, 6.07) is 24.7. The largest absolute Gasteiger partial charge is 0.338 e. The van der Waals surface area contributed by atoms with Gasteiger partial charge in [-0.05, 0) is 36.4 Å². The summed E-state index contributed by atoms with van der Waals surface area (Å²) in [5.41, 5.74) is 4.27. The number of fused-ring (bicyclic) bond motifs is 1. The maximum atomic E-state index is 12.3. The molecule has 1 heterocycles. The van der Waals surface area contributed by atoms with Crippen LogP contribution >= 0.6 is 0 Å². The van der Waals surface area contributed by atoms with Crippen molar-refractivity contribution >= 4 is 22.6 Å². The van der Waals surface area contributed by atoms with Crippen molar-refractivity contribution in [2.75, 3.05) is 5.32 Å². The molecule has 0 aliphatic carbocycles. The minimum absolute atomic E-state index is 0.127. The summed E-state index contributed by atoms with van der Waals surface area (Å²) < 4.78 is 0. The fourth-order valence-corrected chi connectivity index (χ4v) is 2.59. The number of para-hydroxylation sites is 3. The lowest BCUT2D eigenvalue weighted by Crippen LogP contribution is -2.11. The molecule has 4 heteroatoms. The van der Waals surface area contributed by atoms with Gasteiger partial charge in [-0.1, -0.05) is 42.5 Å². The summed E-state index contributed by atoms with van der Waals surface area (Å²) in [6.45, 7) is 0. The number of anilines is 1. The third-order valence-electron chi connectivity index (χ3n) is 3.84. The lowest BCUT2D eigenvalue weighted by atomic mass is 10.1. The number of imidazole rings is 1. The Kier molecular flexibility index (Phi) is 3.56. The average molecular weight is 313 g/mol. The van der Waals surface area contributed by atoms with Crippen molar-refractivity contribution in [3.05, 3.63) is 84.4 Å². The van der Waals surface area contributed by atoms with Crippen LogP contribution in [0.15, 0.2) is 78.9 Å². The summed E-state index contributed by atoms with van der Waals surface area (Å²) in [4.78, 5) is 20.1. The minimum atomic E-state index is -0.127. The van der Waals surface area contributed by atoms with Gasteiger partial charge in [0.2, 0.25) is 0 Å². The second-order valence-corrected chi connectivity index (χ2v) is 5.50. The Morgan fingerprint density at radius 1 is 0.833 bits per heavy atom. The molecule has 0 spiro atoms. The zero-order chi connectivity index (χ0) is 16.4. The quantitative estimate of drug-likeness (QED) is 0.586. The standard InChI is InChI=1S/C20H15N3O/c24-20(21-16-6-2-1-3-7-16)15-12-10-14(11-13-15)19-22-17-8-4-5-9-18(17)23-19/h1-13H,(H,21,24)(H,22,23). The molecule has 0 bridgehead atoms. The molecule has 0 aliphatic rings. The highest BCUT2D eigenvalue weighted by atomic mass is 16.1. The van der Waals surface area contributed by atoms with Gasteiger partial charge in [0, 0.05) is 16.8 Å². The van der Waals surface area contributed by atoms with Crippen molar-refractivity contribution in [1.82, 2.24) is 9.97 Å². The predicted octanol–water partition coefficient (Wildman–Crippen LogP) is 4.48. The second kappa shape index (κ2) is 6.01. The number of H-pyrrole nitrogens is 1. The number of aromatic amines is 1. The van der Waals surface area contributed by atoms with Crippen molar-refractivity contribution in [3.8, 4) is 11.4 Å². The number of benzene rings is 3. The van der Waals surface area contributed by atoms with Gasteiger partial charge in [-0.25, -0.2) is 4.98 Å². The van der Waals surface area contributed by atoms with Crippen molar-refractivity contribution < 1.29 is 4.79 Å². The van der Waals surface area contributed by atoms with Crippen LogP contribution in [0.3, 0.4) is 0 Å². The highest BCUT2D eigenvalue weighted by molar-refractivity contribution is 6.04. The summed E-state index contributed by atoms with van der Waals surface area (Å²) in [7, 11) is 0. The molecule has 0 atom stereocenters. The molecule has 0 saturated carbocycles. The van der Waals surface area contributed by atoms with Crippen LogP contribution in [-0.2, 0) is 0 Å². The monoisotopic (exact) mass is 313 g/mol. The SMILES string of the molecule is O=C(Nc1ccccc1)c1ccc(-c2nc3ccccc3[nH]2)cc1. The predicted molar refractivity (Wildman–Crippen MR) is 95.9 cm³/mol. The molecular weight excluding hydrogens is 298 g/mol. The molecule has 4 nitrogen and oxygen atoms in total. The van der Waals surface area contributed by atoms with Crippen LogP contribution < -0.4 is 5.32 Å². The molecule has 3 aromatic carbocycles. The Bertz CT molecular complexity index is 955. The summed E-state index contributed by atoms with van der Waals surface area (Å²) in [5, 5.41) is 2.88. The van der Waals surface area contributed by atoms with Crippen molar-refractivity contribution in [3.63, 3.8) is 0 Å². The Morgan fingerprint density at radius 2 is 1.54 bits per heavy atom. The number of carbonyl (C=O) groups is 1. The van der Waals surface area contributed by atoms with E-state index in [0.29, 0.717) is 5.56 Å². The highest BCUT2D eigenvalue weighted by Gasteiger charge is 2.08. The van der Waals surface area contributed by atoms with Gasteiger partial charge in [-0.2, -0.15) is 0 Å². The third-order valence-corrected chi connectivity index (χ3v) is 3.84. The summed E-state index contributed by atoms with van der Waals surface area (Å²) in [6.07, 6.45) is 0. The Balaban J connectivity index is 1.57. The Morgan fingerprint density at radius 3 is 2.29 bits per heavy atom. The first kappa shape index (κ1) is 14.2.